The molecule has 0 amide bonds. The van der Waals surface area contributed by atoms with Crippen LogP contribution in [0.15, 0.2) is 24.5 Å². The van der Waals surface area contributed by atoms with Crippen molar-refractivity contribution in [1.29, 1.82) is 5.26 Å². The van der Waals surface area contributed by atoms with Crippen LogP contribution in [-0.4, -0.2) is 18.6 Å². The largest absolute Gasteiger partial charge is 0.372 e. The normalized spacial score (nSPS) is 17.6. The monoisotopic (exact) mass is 201 g/mol. The van der Waals surface area contributed by atoms with Crippen LogP contribution < -0.4 is 4.90 Å². The van der Waals surface area contributed by atoms with Crippen molar-refractivity contribution in [3.8, 4) is 6.07 Å². The van der Waals surface area contributed by atoms with E-state index < -0.39 is 0 Å². The molecule has 0 N–H and O–H groups in total. The molecule has 0 atom stereocenters. The Labute approximate surface area is 90.4 Å². The standard InChI is InChI=1S/C12H15N3/c1-15(11-4-2-7-14-8-11)10-12(9-13)5-3-6-12/h2,4,7-8H,3,5-6,10H2,1H3. The quantitative estimate of drug-likeness (QED) is 0.752. The van der Waals surface area contributed by atoms with Crippen LogP contribution in [0.3, 0.4) is 0 Å². The fourth-order valence-electron chi connectivity index (χ4n) is 2.03. The molecule has 15 heavy (non-hydrogen) atoms. The molecule has 1 heterocycles. The average Bonchev–Trinajstić information content (AvgIpc) is 2.24. The molecule has 0 radical (unpaired) electrons. The molecule has 3 heteroatoms. The molecule has 1 aliphatic carbocycles. The Balaban J connectivity index is 2.04. The van der Waals surface area contributed by atoms with Gasteiger partial charge in [0.2, 0.25) is 0 Å². The lowest BCUT2D eigenvalue weighted by Crippen LogP contribution is -2.39. The maximum absolute atomic E-state index is 9.14. The molecule has 1 aromatic heterocycles. The van der Waals surface area contributed by atoms with Gasteiger partial charge in [-0.15, -0.1) is 0 Å². The van der Waals surface area contributed by atoms with Crippen LogP contribution in [0.1, 0.15) is 19.3 Å². The topological polar surface area (TPSA) is 39.9 Å². The third-order valence-corrected chi connectivity index (χ3v) is 3.17. The lowest BCUT2D eigenvalue weighted by Gasteiger charge is -2.38. The van der Waals surface area contributed by atoms with E-state index in [1.165, 1.54) is 6.42 Å². The van der Waals surface area contributed by atoms with E-state index in [1.807, 2.05) is 25.4 Å². The molecular weight excluding hydrogens is 186 g/mol. The van der Waals surface area contributed by atoms with Gasteiger partial charge in [0.15, 0.2) is 0 Å². The van der Waals surface area contributed by atoms with E-state index in [-0.39, 0.29) is 5.41 Å². The van der Waals surface area contributed by atoms with Crippen LogP contribution in [0.25, 0.3) is 0 Å². The molecule has 1 saturated carbocycles. The predicted molar refractivity (Wildman–Crippen MR) is 59.4 cm³/mol. The van der Waals surface area contributed by atoms with Crippen molar-refractivity contribution in [3.05, 3.63) is 24.5 Å². The second kappa shape index (κ2) is 3.90. The Morgan fingerprint density at radius 3 is 2.87 bits per heavy atom. The average molecular weight is 201 g/mol. The summed E-state index contributed by atoms with van der Waals surface area (Å²) in [5, 5.41) is 9.14. The third-order valence-electron chi connectivity index (χ3n) is 3.17. The molecular formula is C12H15N3. The fraction of sp³-hybridized carbons (Fsp3) is 0.500. The Bertz CT molecular complexity index is 362. The molecule has 2 rings (SSSR count). The highest BCUT2D eigenvalue weighted by Gasteiger charge is 2.38. The number of rotatable bonds is 3. The number of pyridine rings is 1. The van der Waals surface area contributed by atoms with Crippen LogP contribution in [-0.2, 0) is 0 Å². The number of aromatic nitrogens is 1. The molecule has 1 aromatic rings. The molecule has 3 nitrogen and oxygen atoms in total. The Hall–Kier alpha value is -1.56. The summed E-state index contributed by atoms with van der Waals surface area (Å²) in [4.78, 5) is 6.20. The van der Waals surface area contributed by atoms with Gasteiger partial charge in [0.25, 0.3) is 0 Å². The number of hydrogen-bond donors (Lipinski definition) is 0. The zero-order valence-electron chi connectivity index (χ0n) is 8.98. The first kappa shape index (κ1) is 9.97. The van der Waals surface area contributed by atoms with Gasteiger partial charge < -0.3 is 4.90 Å². The Morgan fingerprint density at radius 1 is 1.60 bits per heavy atom. The Morgan fingerprint density at radius 2 is 2.40 bits per heavy atom. The molecule has 1 aliphatic rings. The predicted octanol–water partition coefficient (Wildman–Crippen LogP) is 2.21. The van der Waals surface area contributed by atoms with Crippen LogP contribution in [0, 0.1) is 16.7 Å². The van der Waals surface area contributed by atoms with Crippen LogP contribution in [0.5, 0.6) is 0 Å². The highest BCUT2D eigenvalue weighted by Crippen LogP contribution is 2.41. The molecule has 0 spiro atoms. The lowest BCUT2D eigenvalue weighted by atomic mass is 9.69. The van der Waals surface area contributed by atoms with E-state index in [1.54, 1.807) is 6.20 Å². The van der Waals surface area contributed by atoms with Crippen molar-refractivity contribution in [1.82, 2.24) is 4.98 Å². The minimum atomic E-state index is -0.107. The zero-order valence-corrected chi connectivity index (χ0v) is 8.98. The minimum absolute atomic E-state index is 0.107. The smallest absolute Gasteiger partial charge is 0.0748 e. The van der Waals surface area contributed by atoms with E-state index in [4.69, 9.17) is 5.26 Å². The van der Waals surface area contributed by atoms with Gasteiger partial charge in [-0.2, -0.15) is 5.26 Å². The van der Waals surface area contributed by atoms with E-state index in [2.05, 4.69) is 16.0 Å². The summed E-state index contributed by atoms with van der Waals surface area (Å²) < 4.78 is 0. The molecule has 0 aromatic carbocycles. The van der Waals surface area contributed by atoms with Gasteiger partial charge in [-0.3, -0.25) is 4.98 Å². The molecule has 1 fully saturated rings. The summed E-state index contributed by atoms with van der Waals surface area (Å²) in [6.07, 6.45) is 6.86. The summed E-state index contributed by atoms with van der Waals surface area (Å²) in [5.74, 6) is 0. The molecule has 78 valence electrons. The van der Waals surface area contributed by atoms with Crippen LogP contribution >= 0.6 is 0 Å². The molecule has 0 unspecified atom stereocenters. The van der Waals surface area contributed by atoms with Crippen molar-refractivity contribution in [2.45, 2.75) is 19.3 Å². The second-order valence-electron chi connectivity index (χ2n) is 4.31. The fourth-order valence-corrected chi connectivity index (χ4v) is 2.03. The number of anilines is 1. The second-order valence-corrected chi connectivity index (χ2v) is 4.31. The highest BCUT2D eigenvalue weighted by molar-refractivity contribution is 5.43. The van der Waals surface area contributed by atoms with Gasteiger partial charge in [0.05, 0.1) is 23.4 Å². The van der Waals surface area contributed by atoms with Crippen molar-refractivity contribution < 1.29 is 0 Å². The first-order chi connectivity index (χ1) is 7.26. The van der Waals surface area contributed by atoms with Crippen molar-refractivity contribution >= 4 is 5.69 Å². The maximum Gasteiger partial charge on any atom is 0.0748 e. The van der Waals surface area contributed by atoms with E-state index in [0.29, 0.717) is 0 Å². The van der Waals surface area contributed by atoms with E-state index in [9.17, 15) is 0 Å². The molecule has 0 saturated heterocycles. The summed E-state index contributed by atoms with van der Waals surface area (Å²) in [7, 11) is 2.02. The zero-order chi connectivity index (χ0) is 10.7. The first-order valence-electron chi connectivity index (χ1n) is 5.28. The van der Waals surface area contributed by atoms with Gasteiger partial charge in [0, 0.05) is 19.8 Å². The molecule has 0 bridgehead atoms. The van der Waals surface area contributed by atoms with E-state index in [0.717, 1.165) is 25.1 Å². The highest BCUT2D eigenvalue weighted by atomic mass is 15.1. The van der Waals surface area contributed by atoms with E-state index >= 15 is 0 Å². The summed E-state index contributed by atoms with van der Waals surface area (Å²) >= 11 is 0. The van der Waals surface area contributed by atoms with Crippen molar-refractivity contribution in [2.75, 3.05) is 18.5 Å². The first-order valence-corrected chi connectivity index (χ1v) is 5.28. The number of nitriles is 1. The van der Waals surface area contributed by atoms with Crippen LogP contribution in [0.4, 0.5) is 5.69 Å². The van der Waals surface area contributed by atoms with Gasteiger partial charge in [-0.1, -0.05) is 6.42 Å². The summed E-state index contributed by atoms with van der Waals surface area (Å²) in [6.45, 7) is 0.815. The lowest BCUT2D eigenvalue weighted by molar-refractivity contribution is 0.223. The minimum Gasteiger partial charge on any atom is -0.372 e. The molecule has 0 aliphatic heterocycles. The summed E-state index contributed by atoms with van der Waals surface area (Å²) in [6, 6.07) is 6.40. The summed E-state index contributed by atoms with van der Waals surface area (Å²) in [5.41, 5.74) is 0.976. The van der Waals surface area contributed by atoms with Gasteiger partial charge >= 0.3 is 0 Å². The van der Waals surface area contributed by atoms with Gasteiger partial charge in [0.1, 0.15) is 0 Å². The van der Waals surface area contributed by atoms with Gasteiger partial charge in [-0.25, -0.2) is 0 Å². The SMILES string of the molecule is CN(CC1(C#N)CCC1)c1cccnc1. The third kappa shape index (κ3) is 1.94. The maximum atomic E-state index is 9.14. The van der Waals surface area contributed by atoms with Gasteiger partial charge in [-0.05, 0) is 25.0 Å². The van der Waals surface area contributed by atoms with Crippen molar-refractivity contribution in [2.24, 2.45) is 5.41 Å². The number of nitrogens with zero attached hydrogens (tertiary/aromatic N) is 3. The number of hydrogen-bond acceptors (Lipinski definition) is 3. The van der Waals surface area contributed by atoms with Crippen molar-refractivity contribution in [3.63, 3.8) is 0 Å². The van der Waals surface area contributed by atoms with Crippen LogP contribution in [0.2, 0.25) is 0 Å². The Kier molecular flexibility index (Phi) is 2.59.